The summed E-state index contributed by atoms with van der Waals surface area (Å²) in [6.45, 7) is 3.11. The van der Waals surface area contributed by atoms with E-state index >= 15 is 0 Å². The third-order valence-corrected chi connectivity index (χ3v) is 3.10. The molecule has 1 aromatic heterocycles. The Morgan fingerprint density at radius 3 is 2.44 bits per heavy atom. The van der Waals surface area contributed by atoms with E-state index < -0.39 is 11.2 Å². The number of rotatable bonds is 1. The van der Waals surface area contributed by atoms with Crippen LogP contribution in [0.25, 0.3) is 0 Å². The molecule has 0 unspecified atom stereocenters. The zero-order valence-electron chi connectivity index (χ0n) is 10.2. The van der Waals surface area contributed by atoms with E-state index in [0.717, 1.165) is 32.4 Å². The van der Waals surface area contributed by atoms with Crippen LogP contribution in [0, 0.1) is 6.92 Å². The molecule has 1 fully saturated rings. The average Bonchev–Trinajstić information content (AvgIpc) is 2.34. The van der Waals surface area contributed by atoms with Crippen LogP contribution in [-0.4, -0.2) is 39.0 Å². The second kappa shape index (κ2) is 5.07. The zero-order chi connectivity index (χ0) is 13.1. The van der Waals surface area contributed by atoms with Crippen molar-refractivity contribution in [2.75, 3.05) is 13.1 Å². The van der Waals surface area contributed by atoms with Gasteiger partial charge in [0.2, 0.25) is 0 Å². The fraction of sp³-hybridized carbons (Fsp3) is 0.545. The Balaban J connectivity index is 2.45. The first-order valence-corrected chi connectivity index (χ1v) is 5.94. The molecule has 1 aromatic rings. The van der Waals surface area contributed by atoms with Gasteiger partial charge in [0.25, 0.3) is 5.56 Å². The SMILES string of the molecule is Cc1[nH]c(=O)[nH]c(=O)c1C(=NO)N1CCCCC1. The average molecular weight is 252 g/mol. The summed E-state index contributed by atoms with van der Waals surface area (Å²) >= 11 is 0. The Morgan fingerprint density at radius 2 is 1.89 bits per heavy atom. The summed E-state index contributed by atoms with van der Waals surface area (Å²) in [4.78, 5) is 29.4. The number of hydrogen-bond donors (Lipinski definition) is 3. The number of H-pyrrole nitrogens is 2. The Labute approximate surface area is 103 Å². The van der Waals surface area contributed by atoms with Crippen LogP contribution in [0.4, 0.5) is 0 Å². The topological polar surface area (TPSA) is 102 Å². The lowest BCUT2D eigenvalue weighted by atomic mass is 10.1. The number of aryl methyl sites for hydroxylation is 1. The molecule has 1 aliphatic rings. The van der Waals surface area contributed by atoms with Gasteiger partial charge in [-0.25, -0.2) is 4.79 Å². The minimum absolute atomic E-state index is 0.221. The molecular weight excluding hydrogens is 236 g/mol. The number of nitrogens with zero attached hydrogens (tertiary/aromatic N) is 2. The van der Waals surface area contributed by atoms with E-state index in [2.05, 4.69) is 15.1 Å². The van der Waals surface area contributed by atoms with Gasteiger partial charge in [-0.3, -0.25) is 9.78 Å². The molecule has 0 radical (unpaired) electrons. The second-order valence-electron chi connectivity index (χ2n) is 4.38. The molecule has 1 aliphatic heterocycles. The zero-order valence-corrected chi connectivity index (χ0v) is 10.2. The number of likely N-dealkylation sites (tertiary alicyclic amines) is 1. The van der Waals surface area contributed by atoms with E-state index in [1.165, 1.54) is 0 Å². The largest absolute Gasteiger partial charge is 0.409 e. The van der Waals surface area contributed by atoms with Crippen LogP contribution in [0.5, 0.6) is 0 Å². The number of oxime groups is 1. The number of hydrogen-bond acceptors (Lipinski definition) is 4. The molecule has 18 heavy (non-hydrogen) atoms. The second-order valence-corrected chi connectivity index (χ2v) is 4.38. The van der Waals surface area contributed by atoms with Crippen LogP contribution in [-0.2, 0) is 0 Å². The standard InChI is InChI=1S/C11H16N4O3/c1-7-8(10(16)13-11(17)12-7)9(14-18)15-5-3-2-4-6-15/h18H,2-6H2,1H3,(H2,12,13,16,17). The highest BCUT2D eigenvalue weighted by Crippen LogP contribution is 2.12. The molecule has 0 spiro atoms. The first-order valence-electron chi connectivity index (χ1n) is 5.94. The maximum atomic E-state index is 11.8. The normalized spacial score (nSPS) is 16.9. The van der Waals surface area contributed by atoms with E-state index in [-0.39, 0.29) is 11.4 Å². The van der Waals surface area contributed by atoms with Crippen LogP contribution in [0.15, 0.2) is 14.7 Å². The molecule has 0 bridgehead atoms. The Morgan fingerprint density at radius 1 is 1.22 bits per heavy atom. The summed E-state index contributed by atoms with van der Waals surface area (Å²) in [5.41, 5.74) is -0.465. The molecule has 0 saturated carbocycles. The van der Waals surface area contributed by atoms with Gasteiger partial charge in [0.15, 0.2) is 5.84 Å². The monoisotopic (exact) mass is 252 g/mol. The Hall–Kier alpha value is -2.05. The summed E-state index contributed by atoms with van der Waals surface area (Å²) < 4.78 is 0. The van der Waals surface area contributed by atoms with Gasteiger partial charge in [-0.1, -0.05) is 5.16 Å². The fourth-order valence-corrected chi connectivity index (χ4v) is 2.25. The molecule has 2 heterocycles. The molecule has 0 aromatic carbocycles. The van der Waals surface area contributed by atoms with Crippen molar-refractivity contribution < 1.29 is 5.21 Å². The van der Waals surface area contributed by atoms with Crippen LogP contribution in [0.2, 0.25) is 0 Å². The lowest BCUT2D eigenvalue weighted by molar-refractivity contribution is 0.285. The maximum absolute atomic E-state index is 11.8. The third-order valence-electron chi connectivity index (χ3n) is 3.10. The quantitative estimate of drug-likeness (QED) is 0.283. The van der Waals surface area contributed by atoms with Gasteiger partial charge in [0.05, 0.1) is 0 Å². The van der Waals surface area contributed by atoms with Gasteiger partial charge in [-0.15, -0.1) is 0 Å². The Bertz CT molecular complexity index is 566. The number of aromatic nitrogens is 2. The minimum Gasteiger partial charge on any atom is -0.409 e. The highest BCUT2D eigenvalue weighted by molar-refractivity contribution is 5.98. The van der Waals surface area contributed by atoms with Gasteiger partial charge >= 0.3 is 5.69 Å². The molecule has 98 valence electrons. The fourth-order valence-electron chi connectivity index (χ4n) is 2.25. The van der Waals surface area contributed by atoms with Crippen LogP contribution < -0.4 is 11.2 Å². The van der Waals surface area contributed by atoms with Crippen LogP contribution in [0.1, 0.15) is 30.5 Å². The van der Waals surface area contributed by atoms with E-state index in [1.807, 2.05) is 4.90 Å². The van der Waals surface area contributed by atoms with Gasteiger partial charge in [-0.2, -0.15) is 0 Å². The van der Waals surface area contributed by atoms with Gasteiger partial charge in [0.1, 0.15) is 5.56 Å². The summed E-state index contributed by atoms with van der Waals surface area (Å²) in [7, 11) is 0. The van der Waals surface area contributed by atoms with Crippen molar-refractivity contribution in [2.24, 2.45) is 5.16 Å². The third kappa shape index (κ3) is 2.29. The predicted octanol–water partition coefficient (Wildman–Crippen LogP) is -0.00668. The molecule has 7 heteroatoms. The smallest absolute Gasteiger partial charge is 0.325 e. The minimum atomic E-state index is -0.558. The Kier molecular flexibility index (Phi) is 3.50. The predicted molar refractivity (Wildman–Crippen MR) is 66.2 cm³/mol. The van der Waals surface area contributed by atoms with Crippen molar-refractivity contribution in [3.8, 4) is 0 Å². The first-order chi connectivity index (χ1) is 8.63. The number of nitrogens with one attached hydrogen (secondary N) is 2. The number of amidine groups is 1. The molecule has 3 N–H and O–H groups in total. The van der Waals surface area contributed by atoms with Crippen LogP contribution in [0.3, 0.4) is 0 Å². The molecule has 0 amide bonds. The van der Waals surface area contributed by atoms with E-state index in [1.54, 1.807) is 6.92 Å². The van der Waals surface area contributed by atoms with Crippen molar-refractivity contribution in [1.29, 1.82) is 0 Å². The summed E-state index contributed by atoms with van der Waals surface area (Å²) in [5.74, 6) is 0.227. The molecule has 1 saturated heterocycles. The highest BCUT2D eigenvalue weighted by atomic mass is 16.4. The van der Waals surface area contributed by atoms with Crippen LogP contribution >= 0.6 is 0 Å². The summed E-state index contributed by atoms with van der Waals surface area (Å²) in [6.07, 6.45) is 3.13. The van der Waals surface area contributed by atoms with Crippen molar-refractivity contribution in [3.05, 3.63) is 32.1 Å². The number of piperidine rings is 1. The van der Waals surface area contributed by atoms with Gasteiger partial charge < -0.3 is 15.1 Å². The van der Waals surface area contributed by atoms with Gasteiger partial charge in [0, 0.05) is 18.8 Å². The lowest BCUT2D eigenvalue weighted by Crippen LogP contribution is -2.41. The van der Waals surface area contributed by atoms with Crippen molar-refractivity contribution in [3.63, 3.8) is 0 Å². The first kappa shape index (κ1) is 12.4. The maximum Gasteiger partial charge on any atom is 0.325 e. The van der Waals surface area contributed by atoms with Crippen molar-refractivity contribution in [1.82, 2.24) is 14.9 Å². The molecule has 2 rings (SSSR count). The molecular formula is C11H16N4O3. The van der Waals surface area contributed by atoms with Crippen molar-refractivity contribution >= 4 is 5.84 Å². The van der Waals surface area contributed by atoms with Gasteiger partial charge in [-0.05, 0) is 26.2 Å². The molecule has 0 atom stereocenters. The molecule has 7 nitrogen and oxygen atoms in total. The summed E-state index contributed by atoms with van der Waals surface area (Å²) in [5, 5.41) is 12.4. The van der Waals surface area contributed by atoms with E-state index in [9.17, 15) is 9.59 Å². The lowest BCUT2D eigenvalue weighted by Gasteiger charge is -2.28. The summed E-state index contributed by atoms with van der Waals surface area (Å²) in [6, 6.07) is 0. The highest BCUT2D eigenvalue weighted by Gasteiger charge is 2.21. The number of aromatic amines is 2. The molecule has 0 aliphatic carbocycles. The van der Waals surface area contributed by atoms with E-state index in [4.69, 9.17) is 5.21 Å². The van der Waals surface area contributed by atoms with Crippen molar-refractivity contribution in [2.45, 2.75) is 26.2 Å². The van der Waals surface area contributed by atoms with E-state index in [0.29, 0.717) is 5.69 Å².